The molecule has 0 bridgehead atoms. The van der Waals surface area contributed by atoms with Crippen LogP contribution in [0.5, 0.6) is 0 Å². The Labute approximate surface area is 101 Å². The molecule has 0 saturated heterocycles. The summed E-state index contributed by atoms with van der Waals surface area (Å²) in [7, 11) is 0. The van der Waals surface area contributed by atoms with Crippen molar-refractivity contribution in [1.82, 2.24) is 0 Å². The van der Waals surface area contributed by atoms with Crippen LogP contribution in [0.25, 0.3) is 0 Å². The molecular weight excluding hydrogens is 214 g/mol. The van der Waals surface area contributed by atoms with Crippen LogP contribution in [-0.2, 0) is 12.8 Å². The zero-order chi connectivity index (χ0) is 12.1. The average Bonchev–Trinajstić information content (AvgIpc) is 2.38. The molecule has 0 radical (unpaired) electrons. The van der Waals surface area contributed by atoms with E-state index in [2.05, 4.69) is 12.1 Å². The van der Waals surface area contributed by atoms with E-state index in [0.717, 1.165) is 18.4 Å². The van der Waals surface area contributed by atoms with Gasteiger partial charge in [-0.3, -0.25) is 0 Å². The van der Waals surface area contributed by atoms with Crippen molar-refractivity contribution < 1.29 is 9.90 Å². The quantitative estimate of drug-likeness (QED) is 0.872. The number of hydrogen-bond donors (Lipinski definition) is 1. The number of carboxylic acid groups (broad SMARTS) is 1. The van der Waals surface area contributed by atoms with Gasteiger partial charge in [0.2, 0.25) is 0 Å². The Balaban J connectivity index is 2.12. The topological polar surface area (TPSA) is 37.3 Å². The molecule has 86 valence electrons. The third kappa shape index (κ3) is 2.94. The van der Waals surface area contributed by atoms with E-state index in [9.17, 15) is 4.79 Å². The third-order valence-electron chi connectivity index (χ3n) is 2.77. The molecule has 0 amide bonds. The van der Waals surface area contributed by atoms with Crippen molar-refractivity contribution >= 4 is 5.97 Å². The molecule has 2 rings (SSSR count). The fraction of sp³-hybridized carbons (Fsp3) is 0.133. The molecule has 0 spiro atoms. The number of benzene rings is 2. The Kier molecular flexibility index (Phi) is 3.55. The van der Waals surface area contributed by atoms with Crippen molar-refractivity contribution in [3.63, 3.8) is 0 Å². The van der Waals surface area contributed by atoms with Crippen molar-refractivity contribution in [2.24, 2.45) is 0 Å². The minimum Gasteiger partial charge on any atom is -0.478 e. The maximum absolute atomic E-state index is 11.0. The summed E-state index contributed by atoms with van der Waals surface area (Å²) < 4.78 is 0. The highest BCUT2D eigenvalue weighted by Crippen LogP contribution is 2.12. The first-order valence-electron chi connectivity index (χ1n) is 5.62. The monoisotopic (exact) mass is 228 g/mol. The van der Waals surface area contributed by atoms with Crippen LogP contribution in [0.2, 0.25) is 0 Å². The molecule has 0 aliphatic heterocycles. The first-order chi connectivity index (χ1) is 8.27. The Morgan fingerprint density at radius 1 is 0.882 bits per heavy atom. The maximum Gasteiger partial charge on any atom is 0.335 e. The van der Waals surface area contributed by atoms with Crippen LogP contribution in [0, 0.1) is 0 Å². The highest BCUT2D eigenvalue weighted by molar-refractivity contribution is 5.89. The standard InChI is InChI=1S/C15H14O2/c16-15(17)14-9-5-4-8-13(14)11-10-12-6-2-1-3-7-12/h1-9H,10-11H2,(H,16,17)/i15+2. The molecule has 2 nitrogen and oxygen atoms in total. The van der Waals surface area contributed by atoms with Gasteiger partial charge in [0.25, 0.3) is 0 Å². The van der Waals surface area contributed by atoms with Gasteiger partial charge in [-0.25, -0.2) is 4.79 Å². The molecule has 17 heavy (non-hydrogen) atoms. The van der Waals surface area contributed by atoms with Gasteiger partial charge in [0.1, 0.15) is 0 Å². The van der Waals surface area contributed by atoms with Gasteiger partial charge in [0, 0.05) is 0 Å². The van der Waals surface area contributed by atoms with Crippen molar-refractivity contribution in [2.75, 3.05) is 0 Å². The number of aromatic carboxylic acids is 1. The van der Waals surface area contributed by atoms with Crippen molar-refractivity contribution in [3.05, 3.63) is 71.3 Å². The Bertz CT molecular complexity index is 503. The van der Waals surface area contributed by atoms with E-state index in [0.29, 0.717) is 5.56 Å². The molecule has 1 N–H and O–H groups in total. The summed E-state index contributed by atoms with van der Waals surface area (Å²) in [6.07, 6.45) is 1.62. The minimum atomic E-state index is -0.853. The van der Waals surface area contributed by atoms with Gasteiger partial charge in [0.05, 0.1) is 5.56 Å². The lowest BCUT2D eigenvalue weighted by atomic mass is 10.0. The highest BCUT2D eigenvalue weighted by Gasteiger charge is 2.08. The van der Waals surface area contributed by atoms with Crippen molar-refractivity contribution in [2.45, 2.75) is 12.8 Å². The van der Waals surface area contributed by atoms with E-state index in [1.165, 1.54) is 5.56 Å². The second-order valence-electron chi connectivity index (χ2n) is 3.95. The Hall–Kier alpha value is -2.09. The molecule has 2 aromatic carbocycles. The predicted molar refractivity (Wildman–Crippen MR) is 67.3 cm³/mol. The molecule has 0 atom stereocenters. The van der Waals surface area contributed by atoms with Crippen LogP contribution in [0.4, 0.5) is 0 Å². The van der Waals surface area contributed by atoms with Gasteiger partial charge in [-0.2, -0.15) is 0 Å². The van der Waals surface area contributed by atoms with E-state index in [1.54, 1.807) is 12.1 Å². The van der Waals surface area contributed by atoms with Crippen LogP contribution in [0.15, 0.2) is 54.6 Å². The SMILES string of the molecule is O=[14C](O)c1ccccc1CCc1ccccc1. The van der Waals surface area contributed by atoms with Crippen molar-refractivity contribution in [3.8, 4) is 0 Å². The Morgan fingerprint density at radius 2 is 1.53 bits per heavy atom. The summed E-state index contributed by atoms with van der Waals surface area (Å²) in [5.74, 6) is -0.853. The van der Waals surface area contributed by atoms with Crippen molar-refractivity contribution in [1.29, 1.82) is 0 Å². The maximum atomic E-state index is 11.0. The molecule has 0 aliphatic rings. The van der Waals surface area contributed by atoms with Crippen LogP contribution in [0.1, 0.15) is 21.5 Å². The summed E-state index contributed by atoms with van der Waals surface area (Å²) in [5, 5.41) is 9.06. The molecule has 0 aliphatic carbocycles. The number of rotatable bonds is 4. The zero-order valence-electron chi connectivity index (χ0n) is 9.47. The molecule has 0 saturated carbocycles. The lowest BCUT2D eigenvalue weighted by Crippen LogP contribution is -2.03. The van der Waals surface area contributed by atoms with Crippen LogP contribution in [0.3, 0.4) is 0 Å². The van der Waals surface area contributed by atoms with Gasteiger partial charge >= 0.3 is 5.97 Å². The normalized spacial score (nSPS) is 10.1. The number of hydrogen-bond acceptors (Lipinski definition) is 1. The Morgan fingerprint density at radius 3 is 2.24 bits per heavy atom. The second-order valence-corrected chi connectivity index (χ2v) is 3.95. The van der Waals surface area contributed by atoms with Gasteiger partial charge in [0.15, 0.2) is 0 Å². The lowest BCUT2D eigenvalue weighted by molar-refractivity contribution is 0.0695. The smallest absolute Gasteiger partial charge is 0.335 e. The zero-order valence-corrected chi connectivity index (χ0v) is 9.47. The average molecular weight is 228 g/mol. The van der Waals surface area contributed by atoms with E-state index in [1.807, 2.05) is 30.3 Å². The van der Waals surface area contributed by atoms with Gasteiger partial charge in [-0.05, 0) is 30.0 Å². The fourth-order valence-corrected chi connectivity index (χ4v) is 1.87. The van der Waals surface area contributed by atoms with Gasteiger partial charge in [-0.15, -0.1) is 0 Å². The number of carboxylic acids is 1. The molecule has 2 heteroatoms. The van der Waals surface area contributed by atoms with E-state index < -0.39 is 5.97 Å². The fourth-order valence-electron chi connectivity index (χ4n) is 1.87. The van der Waals surface area contributed by atoms with E-state index >= 15 is 0 Å². The summed E-state index contributed by atoms with van der Waals surface area (Å²) in [4.78, 5) is 11.0. The summed E-state index contributed by atoms with van der Waals surface area (Å²) in [6, 6.07) is 17.3. The molecule has 0 fully saturated rings. The number of carbonyl (C=O) groups is 1. The van der Waals surface area contributed by atoms with E-state index in [-0.39, 0.29) is 0 Å². The highest BCUT2D eigenvalue weighted by atomic mass is 16.6. The summed E-state index contributed by atoms with van der Waals surface area (Å²) in [6.45, 7) is 0. The molecule has 0 aromatic heterocycles. The first kappa shape index (κ1) is 11.4. The van der Waals surface area contributed by atoms with Crippen LogP contribution in [-0.4, -0.2) is 11.1 Å². The van der Waals surface area contributed by atoms with Crippen LogP contribution >= 0.6 is 0 Å². The van der Waals surface area contributed by atoms with Crippen LogP contribution < -0.4 is 0 Å². The third-order valence-corrected chi connectivity index (χ3v) is 2.77. The van der Waals surface area contributed by atoms with E-state index in [4.69, 9.17) is 5.11 Å². The van der Waals surface area contributed by atoms with Gasteiger partial charge < -0.3 is 5.11 Å². The molecular formula is C15H14O2. The van der Waals surface area contributed by atoms with Gasteiger partial charge in [-0.1, -0.05) is 48.5 Å². The molecule has 2 aromatic rings. The predicted octanol–water partition coefficient (Wildman–Crippen LogP) is 3.17. The largest absolute Gasteiger partial charge is 0.478 e. The lowest BCUT2D eigenvalue weighted by Gasteiger charge is -2.05. The number of aryl methyl sites for hydroxylation is 2. The first-order valence-corrected chi connectivity index (χ1v) is 5.62. The second kappa shape index (κ2) is 5.30. The summed E-state index contributed by atoms with van der Waals surface area (Å²) >= 11 is 0. The molecule has 0 unspecified atom stereocenters. The summed E-state index contributed by atoms with van der Waals surface area (Å²) in [5.41, 5.74) is 2.53. The minimum absolute atomic E-state index is 0.406. The molecule has 0 heterocycles.